The Morgan fingerprint density at radius 1 is 1.18 bits per heavy atom. The van der Waals surface area contributed by atoms with Gasteiger partial charge in [-0.25, -0.2) is 0 Å². The molecule has 7 nitrogen and oxygen atoms in total. The number of furan rings is 1. The molecule has 0 atom stereocenters. The molecule has 0 bridgehead atoms. The molecule has 174 valence electrons. The predicted octanol–water partition coefficient (Wildman–Crippen LogP) is 5.01. The molecule has 0 saturated carbocycles. The predicted molar refractivity (Wildman–Crippen MR) is 127 cm³/mol. The molecular formula is C25H27ClN2O5. The SMILES string of the molecule is Cc1cc(OCC(=O)Nc2c(C(=O)N3CCOCC3)oc3ccccc23)c(C(C)C)cc1Cl. The first-order valence-electron chi connectivity index (χ1n) is 11.0. The molecule has 0 unspecified atom stereocenters. The van der Waals surface area contributed by atoms with Crippen molar-refractivity contribution in [3.05, 3.63) is 58.3 Å². The molecule has 1 saturated heterocycles. The quantitative estimate of drug-likeness (QED) is 0.547. The number of benzene rings is 2. The van der Waals surface area contributed by atoms with E-state index in [-0.39, 0.29) is 30.1 Å². The van der Waals surface area contributed by atoms with E-state index in [9.17, 15) is 9.59 Å². The fraction of sp³-hybridized carbons (Fsp3) is 0.360. The van der Waals surface area contributed by atoms with Gasteiger partial charge in [0.15, 0.2) is 6.61 Å². The highest BCUT2D eigenvalue weighted by Crippen LogP contribution is 2.33. The minimum absolute atomic E-state index is 0.108. The molecule has 1 aliphatic heterocycles. The minimum Gasteiger partial charge on any atom is -0.483 e. The molecule has 0 aliphatic carbocycles. The van der Waals surface area contributed by atoms with Crippen LogP contribution < -0.4 is 10.1 Å². The largest absolute Gasteiger partial charge is 0.483 e. The summed E-state index contributed by atoms with van der Waals surface area (Å²) >= 11 is 6.27. The van der Waals surface area contributed by atoms with Crippen molar-refractivity contribution in [3.63, 3.8) is 0 Å². The Kier molecular flexibility index (Phi) is 6.91. The third-order valence-electron chi connectivity index (χ3n) is 5.62. The number of amides is 2. The molecule has 8 heteroatoms. The molecule has 33 heavy (non-hydrogen) atoms. The highest BCUT2D eigenvalue weighted by Gasteiger charge is 2.27. The lowest BCUT2D eigenvalue weighted by atomic mass is 10.0. The summed E-state index contributed by atoms with van der Waals surface area (Å²) in [6.45, 7) is 7.64. The molecule has 2 amide bonds. The van der Waals surface area contributed by atoms with Gasteiger partial charge in [-0.05, 0) is 48.2 Å². The molecular weight excluding hydrogens is 444 g/mol. The third kappa shape index (κ3) is 4.99. The van der Waals surface area contributed by atoms with Crippen LogP contribution in [0, 0.1) is 6.92 Å². The Labute approximate surface area is 197 Å². The van der Waals surface area contributed by atoms with E-state index in [0.717, 1.165) is 11.1 Å². The number of para-hydroxylation sites is 1. The number of fused-ring (bicyclic) bond motifs is 1. The smallest absolute Gasteiger partial charge is 0.291 e. The Balaban J connectivity index is 1.56. The van der Waals surface area contributed by atoms with Gasteiger partial charge in [-0.15, -0.1) is 0 Å². The van der Waals surface area contributed by atoms with Crippen LogP contribution in [0.4, 0.5) is 5.69 Å². The number of halogens is 1. The van der Waals surface area contributed by atoms with Gasteiger partial charge >= 0.3 is 0 Å². The summed E-state index contributed by atoms with van der Waals surface area (Å²) in [5.74, 6) is 0.234. The molecule has 1 fully saturated rings. The lowest BCUT2D eigenvalue weighted by molar-refractivity contribution is -0.118. The van der Waals surface area contributed by atoms with Crippen LogP contribution in [-0.4, -0.2) is 49.6 Å². The van der Waals surface area contributed by atoms with E-state index in [1.165, 1.54) is 0 Å². The standard InChI is InChI=1S/C25H27ClN2O5/c1-15(2)18-13-19(26)16(3)12-21(18)32-14-22(29)27-23-17-6-4-5-7-20(17)33-24(23)25(30)28-8-10-31-11-9-28/h4-7,12-13,15H,8-11,14H2,1-3H3,(H,27,29). The van der Waals surface area contributed by atoms with Gasteiger partial charge in [0.05, 0.1) is 13.2 Å². The van der Waals surface area contributed by atoms with Crippen molar-refractivity contribution >= 4 is 40.1 Å². The number of carbonyl (C=O) groups excluding carboxylic acids is 2. The van der Waals surface area contributed by atoms with Crippen LogP contribution in [-0.2, 0) is 9.53 Å². The number of ether oxygens (including phenoxy) is 2. The maximum atomic E-state index is 13.1. The lowest BCUT2D eigenvalue weighted by Crippen LogP contribution is -2.40. The molecule has 4 rings (SSSR count). The topological polar surface area (TPSA) is 81.0 Å². The van der Waals surface area contributed by atoms with Crippen LogP contribution in [0.5, 0.6) is 5.75 Å². The number of nitrogens with one attached hydrogen (secondary N) is 1. The fourth-order valence-electron chi connectivity index (χ4n) is 3.80. The minimum atomic E-state index is -0.389. The third-order valence-corrected chi connectivity index (χ3v) is 6.03. The summed E-state index contributed by atoms with van der Waals surface area (Å²) in [6.07, 6.45) is 0. The first-order valence-corrected chi connectivity index (χ1v) is 11.3. The summed E-state index contributed by atoms with van der Waals surface area (Å²) in [5.41, 5.74) is 2.68. The van der Waals surface area contributed by atoms with E-state index >= 15 is 0 Å². The molecule has 2 aromatic carbocycles. The zero-order valence-electron chi connectivity index (χ0n) is 18.9. The first-order chi connectivity index (χ1) is 15.8. The van der Waals surface area contributed by atoms with E-state index in [2.05, 4.69) is 5.32 Å². The van der Waals surface area contributed by atoms with Crippen LogP contribution in [0.3, 0.4) is 0 Å². The molecule has 0 spiro atoms. The molecule has 3 aromatic rings. The molecule has 1 aliphatic rings. The number of anilines is 1. The summed E-state index contributed by atoms with van der Waals surface area (Å²) in [6, 6.07) is 10.9. The van der Waals surface area contributed by atoms with Crippen molar-refractivity contribution < 1.29 is 23.5 Å². The Bertz CT molecular complexity index is 1180. The highest BCUT2D eigenvalue weighted by molar-refractivity contribution is 6.31. The van der Waals surface area contributed by atoms with Crippen LogP contribution >= 0.6 is 11.6 Å². The van der Waals surface area contributed by atoms with E-state index in [0.29, 0.717) is 53.7 Å². The van der Waals surface area contributed by atoms with Crippen molar-refractivity contribution in [3.8, 4) is 5.75 Å². The number of morpholine rings is 1. The van der Waals surface area contributed by atoms with Gasteiger partial charge in [-0.1, -0.05) is 37.6 Å². The molecule has 0 radical (unpaired) electrons. The van der Waals surface area contributed by atoms with Crippen molar-refractivity contribution in [2.24, 2.45) is 0 Å². The normalized spacial score (nSPS) is 14.0. The van der Waals surface area contributed by atoms with E-state index < -0.39 is 0 Å². The molecule has 1 aromatic heterocycles. The number of hydrogen-bond donors (Lipinski definition) is 1. The lowest BCUT2D eigenvalue weighted by Gasteiger charge is -2.26. The van der Waals surface area contributed by atoms with Gasteiger partial charge in [-0.3, -0.25) is 9.59 Å². The number of carbonyl (C=O) groups is 2. The van der Waals surface area contributed by atoms with Gasteiger partial charge in [0.2, 0.25) is 5.76 Å². The van der Waals surface area contributed by atoms with Crippen molar-refractivity contribution in [1.82, 2.24) is 4.90 Å². The Morgan fingerprint density at radius 3 is 2.64 bits per heavy atom. The number of nitrogens with zero attached hydrogens (tertiary/aromatic N) is 1. The van der Waals surface area contributed by atoms with E-state index in [4.69, 9.17) is 25.5 Å². The maximum Gasteiger partial charge on any atom is 0.291 e. The Hall–Kier alpha value is -3.03. The molecule has 1 N–H and O–H groups in total. The van der Waals surface area contributed by atoms with Crippen LogP contribution in [0.2, 0.25) is 5.02 Å². The zero-order chi connectivity index (χ0) is 23.5. The second kappa shape index (κ2) is 9.85. The monoisotopic (exact) mass is 470 g/mol. The summed E-state index contributed by atoms with van der Waals surface area (Å²) in [4.78, 5) is 27.6. The van der Waals surface area contributed by atoms with Crippen LogP contribution in [0.15, 0.2) is 40.8 Å². The molecule has 2 heterocycles. The average molecular weight is 471 g/mol. The number of rotatable bonds is 6. The zero-order valence-corrected chi connectivity index (χ0v) is 19.7. The van der Waals surface area contributed by atoms with Crippen molar-refractivity contribution in [1.29, 1.82) is 0 Å². The van der Waals surface area contributed by atoms with Gasteiger partial charge in [-0.2, -0.15) is 0 Å². The Morgan fingerprint density at radius 2 is 1.91 bits per heavy atom. The van der Waals surface area contributed by atoms with Gasteiger partial charge < -0.3 is 24.1 Å². The van der Waals surface area contributed by atoms with Crippen LogP contribution in [0.25, 0.3) is 11.0 Å². The second-order valence-corrected chi connectivity index (χ2v) is 8.74. The van der Waals surface area contributed by atoms with Crippen molar-refractivity contribution in [2.45, 2.75) is 26.7 Å². The second-order valence-electron chi connectivity index (χ2n) is 8.34. The average Bonchev–Trinajstić information content (AvgIpc) is 3.17. The summed E-state index contributed by atoms with van der Waals surface area (Å²) < 4.78 is 17.1. The van der Waals surface area contributed by atoms with Gasteiger partial charge in [0.1, 0.15) is 17.0 Å². The summed E-state index contributed by atoms with van der Waals surface area (Å²) in [5, 5.41) is 4.15. The van der Waals surface area contributed by atoms with Crippen molar-refractivity contribution in [2.75, 3.05) is 38.2 Å². The number of aryl methyl sites for hydroxylation is 1. The number of hydrogen-bond acceptors (Lipinski definition) is 5. The van der Waals surface area contributed by atoms with E-state index in [1.54, 1.807) is 11.0 Å². The fourth-order valence-corrected chi connectivity index (χ4v) is 3.97. The highest BCUT2D eigenvalue weighted by atomic mass is 35.5. The van der Waals surface area contributed by atoms with Gasteiger partial charge in [0.25, 0.3) is 11.8 Å². The summed E-state index contributed by atoms with van der Waals surface area (Å²) in [7, 11) is 0. The van der Waals surface area contributed by atoms with E-state index in [1.807, 2.05) is 51.1 Å². The first kappa shape index (κ1) is 23.1. The van der Waals surface area contributed by atoms with Crippen LogP contribution in [0.1, 0.15) is 41.4 Å². The maximum absolute atomic E-state index is 13.1. The van der Waals surface area contributed by atoms with Gasteiger partial charge in [0, 0.05) is 23.5 Å².